The topological polar surface area (TPSA) is 104 Å². The van der Waals surface area contributed by atoms with Crippen LogP contribution in [0.5, 0.6) is 0 Å². The lowest BCUT2D eigenvalue weighted by atomic mass is 9.88. The van der Waals surface area contributed by atoms with Crippen molar-refractivity contribution in [2.24, 2.45) is 11.3 Å². The molecule has 0 radical (unpaired) electrons. The summed E-state index contributed by atoms with van der Waals surface area (Å²) in [6, 6.07) is 7.97. The molecule has 33 heavy (non-hydrogen) atoms. The molecule has 2 aromatic heterocycles. The second-order valence-electron chi connectivity index (χ2n) is 10.6. The molecule has 3 rings (SSSR count). The number of hydrogen-bond acceptors (Lipinski definition) is 7. The van der Waals surface area contributed by atoms with E-state index < -0.39 is 15.9 Å². The molecule has 2 aromatic rings. The van der Waals surface area contributed by atoms with Crippen molar-refractivity contribution >= 4 is 27.6 Å². The molecule has 180 valence electrons. The molecule has 1 aliphatic heterocycles. The maximum absolute atomic E-state index is 13.1. The lowest BCUT2D eigenvalue weighted by Crippen LogP contribution is -2.41. The summed E-state index contributed by atoms with van der Waals surface area (Å²) >= 11 is 0. The minimum atomic E-state index is -4.18. The van der Waals surface area contributed by atoms with E-state index in [1.807, 2.05) is 6.92 Å². The van der Waals surface area contributed by atoms with E-state index in [9.17, 15) is 13.2 Å². The van der Waals surface area contributed by atoms with Gasteiger partial charge in [-0.15, -0.1) is 0 Å². The third kappa shape index (κ3) is 5.63. The molecule has 1 fully saturated rings. The van der Waals surface area contributed by atoms with Gasteiger partial charge in [-0.1, -0.05) is 33.8 Å². The summed E-state index contributed by atoms with van der Waals surface area (Å²) < 4.78 is 28.2. The Kier molecular flexibility index (Phi) is 6.75. The SMILES string of the molecule is CC1CN(c2ncccc2C(=O)NS(=O)(=O)c2cccc(NC(C)C(C)(C)C)n2)C(C)(C)C1. The number of nitrogens with one attached hydrogen (secondary N) is 2. The van der Waals surface area contributed by atoms with E-state index >= 15 is 0 Å². The number of carbonyl (C=O) groups excluding carboxylic acids is 1. The molecule has 1 aliphatic rings. The van der Waals surface area contributed by atoms with Gasteiger partial charge in [-0.25, -0.2) is 14.7 Å². The van der Waals surface area contributed by atoms with Crippen LogP contribution >= 0.6 is 0 Å². The summed E-state index contributed by atoms with van der Waals surface area (Å²) in [4.78, 5) is 23.8. The Morgan fingerprint density at radius 3 is 2.52 bits per heavy atom. The van der Waals surface area contributed by atoms with Crippen molar-refractivity contribution in [3.05, 3.63) is 42.1 Å². The molecule has 0 bridgehead atoms. The first-order valence-electron chi connectivity index (χ1n) is 11.2. The standard InChI is InChI=1S/C24H35N5O3S/c1-16-14-24(6,7)29(15-16)21-18(10-9-13-25-21)22(30)28-33(31,32)20-12-8-11-19(27-20)26-17(2)23(3,4)5/h8-13,16-17H,14-15H2,1-7H3,(H,26,27)(H,28,30). The fourth-order valence-corrected chi connectivity index (χ4v) is 5.00. The molecule has 0 aromatic carbocycles. The monoisotopic (exact) mass is 473 g/mol. The number of carbonyl (C=O) groups is 1. The zero-order valence-electron chi connectivity index (χ0n) is 20.5. The fourth-order valence-electron chi connectivity index (χ4n) is 4.06. The summed E-state index contributed by atoms with van der Waals surface area (Å²) in [7, 11) is -4.18. The van der Waals surface area contributed by atoms with E-state index in [0.29, 0.717) is 17.6 Å². The molecular weight excluding hydrogens is 438 g/mol. The Balaban J connectivity index is 1.85. The van der Waals surface area contributed by atoms with Crippen molar-refractivity contribution in [3.8, 4) is 0 Å². The second kappa shape index (κ2) is 8.93. The molecule has 2 atom stereocenters. The molecule has 1 saturated heterocycles. The van der Waals surface area contributed by atoms with Gasteiger partial charge in [0, 0.05) is 24.3 Å². The number of aromatic nitrogens is 2. The zero-order valence-corrected chi connectivity index (χ0v) is 21.3. The van der Waals surface area contributed by atoms with E-state index in [1.165, 1.54) is 6.07 Å². The first kappa shape index (κ1) is 25.0. The van der Waals surface area contributed by atoms with Gasteiger partial charge in [0.25, 0.3) is 15.9 Å². The average molecular weight is 474 g/mol. The van der Waals surface area contributed by atoms with Crippen molar-refractivity contribution in [1.82, 2.24) is 14.7 Å². The maximum atomic E-state index is 13.1. The minimum Gasteiger partial charge on any atom is -0.367 e. The number of pyridine rings is 2. The Morgan fingerprint density at radius 1 is 1.21 bits per heavy atom. The predicted molar refractivity (Wildman–Crippen MR) is 131 cm³/mol. The number of amides is 1. The summed E-state index contributed by atoms with van der Waals surface area (Å²) in [5.74, 6) is 0.637. The normalized spacial score (nSPS) is 19.2. The molecule has 2 unspecified atom stereocenters. The van der Waals surface area contributed by atoms with Crippen LogP contribution in [0.2, 0.25) is 0 Å². The van der Waals surface area contributed by atoms with Gasteiger partial charge in [0.15, 0.2) is 5.03 Å². The van der Waals surface area contributed by atoms with Gasteiger partial charge in [0.1, 0.15) is 11.6 Å². The summed E-state index contributed by atoms with van der Waals surface area (Å²) in [5, 5.41) is 3.01. The highest BCUT2D eigenvalue weighted by molar-refractivity contribution is 7.90. The van der Waals surface area contributed by atoms with E-state index in [1.54, 1.807) is 30.5 Å². The summed E-state index contributed by atoms with van der Waals surface area (Å²) in [6.07, 6.45) is 2.58. The number of anilines is 2. The van der Waals surface area contributed by atoms with Gasteiger partial charge in [-0.2, -0.15) is 8.42 Å². The van der Waals surface area contributed by atoms with Crippen LogP contribution in [0.4, 0.5) is 11.6 Å². The van der Waals surface area contributed by atoms with Crippen LogP contribution < -0.4 is 14.9 Å². The van der Waals surface area contributed by atoms with E-state index in [-0.39, 0.29) is 27.6 Å². The lowest BCUT2D eigenvalue weighted by molar-refractivity contribution is 0.0981. The quantitative estimate of drug-likeness (QED) is 0.652. The number of hydrogen-bond donors (Lipinski definition) is 2. The van der Waals surface area contributed by atoms with Crippen LogP contribution in [0.15, 0.2) is 41.6 Å². The van der Waals surface area contributed by atoms with Crippen LogP contribution in [0.3, 0.4) is 0 Å². The van der Waals surface area contributed by atoms with E-state index in [4.69, 9.17) is 0 Å². The van der Waals surface area contributed by atoms with Crippen molar-refractivity contribution in [1.29, 1.82) is 0 Å². The predicted octanol–water partition coefficient (Wildman–Crippen LogP) is 4.07. The molecule has 2 N–H and O–H groups in total. The Hall–Kier alpha value is -2.68. The summed E-state index contributed by atoms with van der Waals surface area (Å²) in [6.45, 7) is 15.4. The summed E-state index contributed by atoms with van der Waals surface area (Å²) in [5.41, 5.74) is -0.00568. The highest BCUT2D eigenvalue weighted by Gasteiger charge is 2.39. The fraction of sp³-hybridized carbons (Fsp3) is 0.542. The number of rotatable bonds is 6. The smallest absolute Gasteiger partial charge is 0.281 e. The van der Waals surface area contributed by atoms with Crippen molar-refractivity contribution in [3.63, 3.8) is 0 Å². The van der Waals surface area contributed by atoms with E-state index in [0.717, 1.165) is 13.0 Å². The van der Waals surface area contributed by atoms with Crippen LogP contribution in [-0.2, 0) is 10.0 Å². The van der Waals surface area contributed by atoms with Crippen LogP contribution in [0.25, 0.3) is 0 Å². The lowest BCUT2D eigenvalue weighted by Gasteiger charge is -2.33. The Morgan fingerprint density at radius 2 is 1.91 bits per heavy atom. The highest BCUT2D eigenvalue weighted by atomic mass is 32.2. The van der Waals surface area contributed by atoms with Gasteiger partial charge < -0.3 is 10.2 Å². The first-order chi connectivity index (χ1) is 15.2. The third-order valence-corrected chi connectivity index (χ3v) is 7.48. The molecule has 0 saturated carbocycles. The van der Waals surface area contributed by atoms with Gasteiger partial charge in [0.2, 0.25) is 0 Å². The number of nitrogens with zero attached hydrogens (tertiary/aromatic N) is 3. The number of sulfonamides is 1. The molecule has 0 aliphatic carbocycles. The molecular formula is C24H35N5O3S. The molecule has 8 nitrogen and oxygen atoms in total. The maximum Gasteiger partial charge on any atom is 0.281 e. The van der Waals surface area contributed by atoms with Crippen LogP contribution in [-0.4, -0.2) is 42.4 Å². The van der Waals surface area contributed by atoms with Crippen molar-refractivity contribution in [2.75, 3.05) is 16.8 Å². The van der Waals surface area contributed by atoms with Crippen LogP contribution in [0.1, 0.15) is 65.2 Å². The van der Waals surface area contributed by atoms with Crippen molar-refractivity contribution < 1.29 is 13.2 Å². The second-order valence-corrected chi connectivity index (χ2v) is 12.3. The van der Waals surface area contributed by atoms with Gasteiger partial charge in [-0.05, 0) is 62.8 Å². The van der Waals surface area contributed by atoms with Gasteiger partial charge in [-0.3, -0.25) is 4.79 Å². The molecule has 9 heteroatoms. The largest absolute Gasteiger partial charge is 0.367 e. The van der Waals surface area contributed by atoms with E-state index in [2.05, 4.69) is 66.4 Å². The average Bonchev–Trinajstić information content (AvgIpc) is 2.99. The van der Waals surface area contributed by atoms with Gasteiger partial charge in [0.05, 0.1) is 5.56 Å². The van der Waals surface area contributed by atoms with Crippen LogP contribution in [0, 0.1) is 11.3 Å². The molecule has 1 amide bonds. The third-order valence-electron chi connectivity index (χ3n) is 6.25. The Bertz CT molecular complexity index is 1120. The van der Waals surface area contributed by atoms with Gasteiger partial charge >= 0.3 is 0 Å². The zero-order chi connectivity index (χ0) is 24.6. The molecule has 3 heterocycles. The minimum absolute atomic E-state index is 0.0394. The van der Waals surface area contributed by atoms with Crippen molar-refractivity contribution in [2.45, 2.75) is 71.5 Å². The Labute approximate surface area is 197 Å². The molecule has 0 spiro atoms. The first-order valence-corrected chi connectivity index (χ1v) is 12.7. The highest BCUT2D eigenvalue weighted by Crippen LogP contribution is 2.37.